The molecule has 0 fully saturated rings. The first kappa shape index (κ1) is 23.1. The predicted molar refractivity (Wildman–Crippen MR) is 157 cm³/mol. The maximum atomic E-state index is 5.86. The van der Waals surface area contributed by atoms with Crippen molar-refractivity contribution in [3.05, 3.63) is 144 Å². The molecule has 182 valence electrons. The van der Waals surface area contributed by atoms with Gasteiger partial charge in [-0.05, 0) is 46.6 Å². The Balaban J connectivity index is 1.30. The van der Waals surface area contributed by atoms with Gasteiger partial charge in [-0.15, -0.1) is 0 Å². The van der Waals surface area contributed by atoms with Crippen LogP contribution in [0.2, 0.25) is 0 Å². The number of aromatic nitrogens is 2. The molecule has 2 aromatic heterocycles. The van der Waals surface area contributed by atoms with E-state index in [1.165, 1.54) is 33.0 Å². The van der Waals surface area contributed by atoms with Gasteiger partial charge in [0, 0.05) is 46.7 Å². The number of rotatable bonds is 7. The predicted octanol–water partition coefficient (Wildman–Crippen LogP) is 7.03. The molecule has 0 bridgehead atoms. The Bertz CT molecular complexity index is 1520. The maximum absolute atomic E-state index is 5.86. The van der Waals surface area contributed by atoms with Crippen LogP contribution in [-0.2, 0) is 0 Å². The van der Waals surface area contributed by atoms with Crippen molar-refractivity contribution >= 4 is 39.1 Å². The lowest BCUT2D eigenvalue weighted by atomic mass is 9.90. The average Bonchev–Trinajstić information content (AvgIpc) is 3.58. The van der Waals surface area contributed by atoms with E-state index in [1.807, 2.05) is 12.1 Å². The van der Waals surface area contributed by atoms with Gasteiger partial charge in [0.1, 0.15) is 0 Å². The molecule has 0 amide bonds. The van der Waals surface area contributed by atoms with Crippen LogP contribution in [0.5, 0.6) is 0 Å². The van der Waals surface area contributed by atoms with Crippen LogP contribution in [0.3, 0.4) is 0 Å². The fourth-order valence-electron chi connectivity index (χ4n) is 5.18. The molecule has 4 nitrogen and oxygen atoms in total. The van der Waals surface area contributed by atoms with Crippen LogP contribution >= 0.6 is 12.2 Å². The van der Waals surface area contributed by atoms with Crippen molar-refractivity contribution < 1.29 is 0 Å². The molecule has 0 aliphatic rings. The summed E-state index contributed by atoms with van der Waals surface area (Å²) in [5.74, 6) is 0.0963. The van der Waals surface area contributed by atoms with Crippen molar-refractivity contribution in [2.24, 2.45) is 0 Å². The molecule has 6 rings (SSSR count). The van der Waals surface area contributed by atoms with Gasteiger partial charge in [-0.1, -0.05) is 97.1 Å². The van der Waals surface area contributed by atoms with E-state index in [2.05, 4.69) is 130 Å². The van der Waals surface area contributed by atoms with Crippen LogP contribution in [0, 0.1) is 0 Å². The summed E-state index contributed by atoms with van der Waals surface area (Å²) in [6.07, 6.45) is 4.26. The monoisotopic (exact) mass is 500 g/mol. The summed E-state index contributed by atoms with van der Waals surface area (Å²) in [6, 6.07) is 37.7. The summed E-state index contributed by atoms with van der Waals surface area (Å²) in [7, 11) is 0. The molecule has 0 saturated heterocycles. The van der Waals surface area contributed by atoms with Crippen LogP contribution in [0.25, 0.3) is 21.8 Å². The Kier molecular flexibility index (Phi) is 6.44. The molecule has 0 aliphatic heterocycles. The van der Waals surface area contributed by atoms with E-state index in [0.717, 1.165) is 11.0 Å². The third-order valence-electron chi connectivity index (χ3n) is 7.00. The summed E-state index contributed by atoms with van der Waals surface area (Å²) in [5, 5.41) is 10.2. The first-order chi connectivity index (χ1) is 18.3. The first-order valence-electron chi connectivity index (χ1n) is 12.5. The van der Waals surface area contributed by atoms with Crippen molar-refractivity contribution in [3.8, 4) is 0 Å². The summed E-state index contributed by atoms with van der Waals surface area (Å²) in [5.41, 5.74) is 7.11. The van der Waals surface area contributed by atoms with E-state index in [1.54, 1.807) is 0 Å². The molecule has 4 N–H and O–H groups in total. The van der Waals surface area contributed by atoms with Crippen molar-refractivity contribution in [2.45, 2.75) is 12.0 Å². The SMILES string of the molecule is S=C(NCC(c1c[nH]c2ccccc12)c1c[nH]c2ccccc12)NC(c1ccccc1)c1ccccc1. The highest BCUT2D eigenvalue weighted by Gasteiger charge is 2.22. The van der Waals surface area contributed by atoms with E-state index >= 15 is 0 Å². The number of H-pyrrole nitrogens is 2. The normalized spacial score (nSPS) is 11.4. The Hall–Kier alpha value is -4.35. The van der Waals surface area contributed by atoms with Gasteiger partial charge in [0.05, 0.1) is 6.04 Å². The van der Waals surface area contributed by atoms with Crippen LogP contribution in [0.1, 0.15) is 34.2 Å². The highest BCUT2D eigenvalue weighted by Crippen LogP contribution is 2.34. The van der Waals surface area contributed by atoms with Crippen molar-refractivity contribution in [2.75, 3.05) is 6.54 Å². The lowest BCUT2D eigenvalue weighted by Gasteiger charge is -2.24. The van der Waals surface area contributed by atoms with Crippen molar-refractivity contribution in [3.63, 3.8) is 0 Å². The maximum Gasteiger partial charge on any atom is 0.167 e. The van der Waals surface area contributed by atoms with Gasteiger partial charge < -0.3 is 20.6 Å². The Morgan fingerprint density at radius 3 is 1.59 bits per heavy atom. The number of hydrogen-bond acceptors (Lipinski definition) is 1. The molecule has 0 spiro atoms. The smallest absolute Gasteiger partial charge is 0.167 e. The fourth-order valence-corrected chi connectivity index (χ4v) is 5.38. The average molecular weight is 501 g/mol. The molecule has 0 aliphatic carbocycles. The van der Waals surface area contributed by atoms with E-state index < -0.39 is 0 Å². The van der Waals surface area contributed by atoms with E-state index in [0.29, 0.717) is 11.7 Å². The van der Waals surface area contributed by atoms with Gasteiger partial charge in [-0.3, -0.25) is 0 Å². The van der Waals surface area contributed by atoms with Crippen molar-refractivity contribution in [1.82, 2.24) is 20.6 Å². The van der Waals surface area contributed by atoms with Gasteiger partial charge >= 0.3 is 0 Å². The molecule has 0 radical (unpaired) electrons. The highest BCUT2D eigenvalue weighted by atomic mass is 32.1. The van der Waals surface area contributed by atoms with Crippen molar-refractivity contribution in [1.29, 1.82) is 0 Å². The van der Waals surface area contributed by atoms with Crippen LogP contribution in [-0.4, -0.2) is 21.6 Å². The molecule has 4 aromatic carbocycles. The largest absolute Gasteiger partial charge is 0.362 e. The quantitative estimate of drug-likeness (QED) is 0.178. The summed E-state index contributed by atoms with van der Waals surface area (Å²) in [4.78, 5) is 6.91. The first-order valence-corrected chi connectivity index (χ1v) is 12.9. The second-order valence-corrected chi connectivity index (χ2v) is 9.65. The third-order valence-corrected chi connectivity index (χ3v) is 7.26. The minimum Gasteiger partial charge on any atom is -0.362 e. The molecule has 0 unspecified atom stereocenters. The summed E-state index contributed by atoms with van der Waals surface area (Å²) in [6.45, 7) is 0.659. The van der Waals surface area contributed by atoms with Crippen LogP contribution in [0.4, 0.5) is 0 Å². The number of fused-ring (bicyclic) bond motifs is 2. The van der Waals surface area contributed by atoms with Gasteiger partial charge in [0.2, 0.25) is 0 Å². The highest BCUT2D eigenvalue weighted by molar-refractivity contribution is 7.80. The zero-order valence-corrected chi connectivity index (χ0v) is 21.1. The van der Waals surface area contributed by atoms with E-state index in [9.17, 15) is 0 Å². The standard InChI is InChI=1S/C32H28N4S/c37-32(36-31(22-11-3-1-4-12-22)23-13-5-2-6-14-23)35-21-28(26-19-33-29-17-9-7-15-24(26)29)27-20-34-30-18-10-8-16-25(27)30/h1-20,28,31,33-34H,21H2,(H2,35,36,37). The topological polar surface area (TPSA) is 55.6 Å². The molecule has 5 heteroatoms. The summed E-state index contributed by atoms with van der Waals surface area (Å²) < 4.78 is 0. The zero-order chi connectivity index (χ0) is 25.0. The Morgan fingerprint density at radius 2 is 1.08 bits per heavy atom. The molecule has 2 heterocycles. The second kappa shape index (κ2) is 10.3. The number of thiocarbonyl (C=S) groups is 1. The molecule has 0 saturated carbocycles. The van der Waals surface area contributed by atoms with Gasteiger partial charge in [-0.25, -0.2) is 0 Å². The zero-order valence-electron chi connectivity index (χ0n) is 20.3. The van der Waals surface area contributed by atoms with E-state index in [4.69, 9.17) is 12.2 Å². The van der Waals surface area contributed by atoms with Gasteiger partial charge in [0.15, 0.2) is 5.11 Å². The van der Waals surface area contributed by atoms with E-state index in [-0.39, 0.29) is 12.0 Å². The molecular formula is C32H28N4S. The number of aromatic amines is 2. The number of hydrogen-bond donors (Lipinski definition) is 4. The summed E-state index contributed by atoms with van der Waals surface area (Å²) >= 11 is 5.86. The Labute approximate surface area is 221 Å². The van der Waals surface area contributed by atoms with Crippen LogP contribution in [0.15, 0.2) is 122 Å². The number of benzene rings is 4. The molecule has 37 heavy (non-hydrogen) atoms. The minimum absolute atomic E-state index is 0.0398. The van der Waals surface area contributed by atoms with Crippen LogP contribution < -0.4 is 10.6 Å². The van der Waals surface area contributed by atoms with Gasteiger partial charge in [-0.2, -0.15) is 0 Å². The lowest BCUT2D eigenvalue weighted by Crippen LogP contribution is -2.40. The van der Waals surface area contributed by atoms with Gasteiger partial charge in [0.25, 0.3) is 0 Å². The number of nitrogens with one attached hydrogen (secondary N) is 4. The third kappa shape index (κ3) is 4.74. The number of para-hydroxylation sites is 2. The lowest BCUT2D eigenvalue weighted by molar-refractivity contribution is 0.709. The molecule has 6 aromatic rings. The molecular weight excluding hydrogens is 472 g/mol. The second-order valence-electron chi connectivity index (χ2n) is 9.24. The minimum atomic E-state index is -0.0398. The fraction of sp³-hybridized carbons (Fsp3) is 0.0938. The molecule has 0 atom stereocenters. The Morgan fingerprint density at radius 1 is 0.622 bits per heavy atom.